The highest BCUT2D eigenvalue weighted by Crippen LogP contribution is 2.06. The first-order chi connectivity index (χ1) is 5.71. The number of hydrogen-bond donors (Lipinski definition) is 3. The van der Waals surface area contributed by atoms with E-state index in [0.29, 0.717) is 0 Å². The summed E-state index contributed by atoms with van der Waals surface area (Å²) in [6, 6.07) is 0. The van der Waals surface area contributed by atoms with Gasteiger partial charge in [-0.3, -0.25) is 0 Å². The number of methoxy groups -OCH3 is 2. The highest BCUT2D eigenvalue weighted by molar-refractivity contribution is 4.76. The number of aliphatic hydroxyl groups excluding tert-OH is 3. The van der Waals surface area contributed by atoms with Crippen molar-refractivity contribution in [1.29, 1.82) is 0 Å². The van der Waals surface area contributed by atoms with Gasteiger partial charge in [0.25, 0.3) is 0 Å². The third kappa shape index (κ3) is 3.04. The smallest absolute Gasteiger partial charge is 0.114 e. The Labute approximate surface area is 71.5 Å². The highest BCUT2D eigenvalue weighted by atomic mass is 16.5. The molecule has 0 bridgehead atoms. The summed E-state index contributed by atoms with van der Waals surface area (Å²) in [7, 11) is 2.78. The molecule has 0 saturated heterocycles. The van der Waals surface area contributed by atoms with E-state index in [2.05, 4.69) is 0 Å². The Kier molecular flexibility index (Phi) is 6.23. The number of hydrogen-bond acceptors (Lipinski definition) is 5. The second-order valence-corrected chi connectivity index (χ2v) is 2.41. The van der Waals surface area contributed by atoms with Crippen molar-refractivity contribution in [1.82, 2.24) is 0 Å². The van der Waals surface area contributed by atoms with Gasteiger partial charge in [-0.1, -0.05) is 0 Å². The van der Waals surface area contributed by atoms with Gasteiger partial charge in [0.1, 0.15) is 18.3 Å². The van der Waals surface area contributed by atoms with Crippen molar-refractivity contribution in [2.24, 2.45) is 0 Å². The van der Waals surface area contributed by atoms with Crippen LogP contribution in [0.1, 0.15) is 0 Å². The van der Waals surface area contributed by atoms with Crippen LogP contribution < -0.4 is 0 Å². The molecule has 5 nitrogen and oxygen atoms in total. The van der Waals surface area contributed by atoms with Crippen LogP contribution >= 0.6 is 0 Å². The first-order valence-electron chi connectivity index (χ1n) is 3.66. The quantitative estimate of drug-likeness (QED) is 0.457. The first kappa shape index (κ1) is 11.8. The van der Waals surface area contributed by atoms with Gasteiger partial charge in [0, 0.05) is 14.2 Å². The maximum atomic E-state index is 9.18. The van der Waals surface area contributed by atoms with Crippen molar-refractivity contribution in [2.75, 3.05) is 27.4 Å². The molecule has 74 valence electrons. The number of aliphatic hydroxyl groups is 3. The van der Waals surface area contributed by atoms with E-state index in [1.54, 1.807) is 0 Å². The Morgan fingerprint density at radius 3 is 1.92 bits per heavy atom. The molecule has 0 spiro atoms. The van der Waals surface area contributed by atoms with Gasteiger partial charge in [-0.15, -0.1) is 0 Å². The Morgan fingerprint density at radius 1 is 1.08 bits per heavy atom. The van der Waals surface area contributed by atoms with Crippen LogP contribution in [0.3, 0.4) is 0 Å². The molecule has 0 unspecified atom stereocenters. The van der Waals surface area contributed by atoms with Crippen molar-refractivity contribution < 1.29 is 24.8 Å². The lowest BCUT2D eigenvalue weighted by Gasteiger charge is -2.26. The number of ether oxygens (including phenoxy) is 2. The number of rotatable bonds is 6. The van der Waals surface area contributed by atoms with Crippen LogP contribution in [0, 0.1) is 0 Å². The zero-order chi connectivity index (χ0) is 9.56. The minimum Gasteiger partial charge on any atom is -0.394 e. The zero-order valence-electron chi connectivity index (χ0n) is 7.30. The average Bonchev–Trinajstić information content (AvgIpc) is 2.12. The molecular formula is C7H16O5. The maximum absolute atomic E-state index is 9.18. The fourth-order valence-corrected chi connectivity index (χ4v) is 0.973. The first-order valence-corrected chi connectivity index (χ1v) is 3.66. The molecule has 0 amide bonds. The molecule has 0 aliphatic heterocycles. The molecular weight excluding hydrogens is 164 g/mol. The molecule has 0 aromatic rings. The summed E-state index contributed by atoms with van der Waals surface area (Å²) in [5.74, 6) is 0. The van der Waals surface area contributed by atoms with E-state index in [-0.39, 0.29) is 6.61 Å². The highest BCUT2D eigenvalue weighted by Gasteiger charge is 2.27. The standard InChI is InChI=1S/C7H16O5/c1-11-6(4-9)7(12-2)5(10)3-8/h5-10H,3-4H2,1-2H3/t5-,6+,7+/m1/s1. The van der Waals surface area contributed by atoms with E-state index in [4.69, 9.17) is 19.7 Å². The molecule has 0 radical (unpaired) electrons. The molecule has 0 aliphatic carbocycles. The predicted molar refractivity (Wildman–Crippen MR) is 41.8 cm³/mol. The average molecular weight is 180 g/mol. The van der Waals surface area contributed by atoms with Crippen molar-refractivity contribution in [3.8, 4) is 0 Å². The lowest BCUT2D eigenvalue weighted by Crippen LogP contribution is -2.43. The van der Waals surface area contributed by atoms with Gasteiger partial charge >= 0.3 is 0 Å². The van der Waals surface area contributed by atoms with Gasteiger partial charge in [0.15, 0.2) is 0 Å². The van der Waals surface area contributed by atoms with E-state index < -0.39 is 24.9 Å². The van der Waals surface area contributed by atoms with Gasteiger partial charge < -0.3 is 24.8 Å². The largest absolute Gasteiger partial charge is 0.394 e. The van der Waals surface area contributed by atoms with E-state index in [1.807, 2.05) is 0 Å². The van der Waals surface area contributed by atoms with Crippen molar-refractivity contribution in [3.05, 3.63) is 0 Å². The van der Waals surface area contributed by atoms with E-state index in [1.165, 1.54) is 14.2 Å². The molecule has 12 heavy (non-hydrogen) atoms. The monoisotopic (exact) mass is 180 g/mol. The fourth-order valence-electron chi connectivity index (χ4n) is 0.973. The van der Waals surface area contributed by atoms with Crippen LogP contribution in [0.25, 0.3) is 0 Å². The van der Waals surface area contributed by atoms with Crippen LogP contribution in [-0.2, 0) is 9.47 Å². The van der Waals surface area contributed by atoms with E-state index in [0.717, 1.165) is 0 Å². The third-order valence-electron chi connectivity index (χ3n) is 1.69. The molecule has 0 heterocycles. The van der Waals surface area contributed by atoms with Gasteiger partial charge in [-0.05, 0) is 0 Å². The van der Waals surface area contributed by atoms with Gasteiger partial charge in [-0.25, -0.2) is 0 Å². The normalized spacial score (nSPS) is 18.8. The lowest BCUT2D eigenvalue weighted by molar-refractivity contribution is -0.120. The van der Waals surface area contributed by atoms with Gasteiger partial charge in [0.2, 0.25) is 0 Å². The molecule has 5 heteroatoms. The molecule has 0 aromatic heterocycles. The fraction of sp³-hybridized carbons (Fsp3) is 1.00. The van der Waals surface area contributed by atoms with Crippen molar-refractivity contribution in [2.45, 2.75) is 18.3 Å². The SMILES string of the molecule is CO[C@@H]([C@H](O)CO)[C@H](CO)OC. The minimum absolute atomic E-state index is 0.258. The van der Waals surface area contributed by atoms with Gasteiger partial charge in [-0.2, -0.15) is 0 Å². The second-order valence-electron chi connectivity index (χ2n) is 2.41. The Hall–Kier alpha value is -0.200. The van der Waals surface area contributed by atoms with Gasteiger partial charge in [0.05, 0.1) is 13.2 Å². The summed E-state index contributed by atoms with van der Waals surface area (Å²) in [5, 5.41) is 26.6. The summed E-state index contributed by atoms with van der Waals surface area (Å²) < 4.78 is 9.68. The molecule has 0 rings (SSSR count). The molecule has 0 aliphatic rings. The van der Waals surface area contributed by atoms with Crippen LogP contribution in [0.15, 0.2) is 0 Å². The molecule has 3 atom stereocenters. The van der Waals surface area contributed by atoms with E-state index in [9.17, 15) is 5.11 Å². The van der Waals surface area contributed by atoms with Crippen LogP contribution in [0.2, 0.25) is 0 Å². The van der Waals surface area contributed by atoms with Crippen LogP contribution in [0.4, 0.5) is 0 Å². The van der Waals surface area contributed by atoms with E-state index >= 15 is 0 Å². The third-order valence-corrected chi connectivity index (χ3v) is 1.69. The van der Waals surface area contributed by atoms with Crippen molar-refractivity contribution in [3.63, 3.8) is 0 Å². The molecule has 3 N–H and O–H groups in total. The summed E-state index contributed by atoms with van der Waals surface area (Å²) in [4.78, 5) is 0. The predicted octanol–water partition coefficient (Wildman–Crippen LogP) is -1.64. The lowest BCUT2D eigenvalue weighted by atomic mass is 10.1. The van der Waals surface area contributed by atoms with Crippen LogP contribution in [-0.4, -0.2) is 61.1 Å². The zero-order valence-corrected chi connectivity index (χ0v) is 7.30. The summed E-state index contributed by atoms with van der Waals surface area (Å²) >= 11 is 0. The topological polar surface area (TPSA) is 79.2 Å². The van der Waals surface area contributed by atoms with Crippen molar-refractivity contribution >= 4 is 0 Å². The molecule has 0 fully saturated rings. The Balaban J connectivity index is 4.09. The van der Waals surface area contributed by atoms with Crippen LogP contribution in [0.5, 0.6) is 0 Å². The minimum atomic E-state index is -1.04. The molecule has 0 aromatic carbocycles. The summed E-state index contributed by atoms with van der Waals surface area (Å²) in [6.45, 7) is -0.676. The second kappa shape index (κ2) is 6.33. The summed E-state index contributed by atoms with van der Waals surface area (Å²) in [6.07, 6.45) is -2.35. The summed E-state index contributed by atoms with van der Waals surface area (Å²) in [5.41, 5.74) is 0. The maximum Gasteiger partial charge on any atom is 0.114 e. The Morgan fingerprint density at radius 2 is 1.67 bits per heavy atom. The Bertz CT molecular complexity index is 104. The molecule has 0 saturated carbocycles.